The van der Waals surface area contributed by atoms with Crippen molar-refractivity contribution < 1.29 is 19.1 Å². The summed E-state index contributed by atoms with van der Waals surface area (Å²) in [4.78, 5) is 15.1. The van der Waals surface area contributed by atoms with Crippen LogP contribution in [-0.4, -0.2) is 31.2 Å². The molecule has 0 bridgehead atoms. The molecule has 0 aliphatic carbocycles. The summed E-state index contributed by atoms with van der Waals surface area (Å²) in [6.45, 7) is 0. The molecule has 9 heteroatoms. The number of ether oxygens (including phenoxy) is 3. The molecule has 0 saturated carbocycles. The number of hydrogen-bond acceptors (Lipinski definition) is 8. The Labute approximate surface area is 147 Å². The molecule has 0 unspecified atom stereocenters. The highest BCUT2D eigenvalue weighted by molar-refractivity contribution is 7.22. The zero-order chi connectivity index (χ0) is 18.0. The summed E-state index contributed by atoms with van der Waals surface area (Å²) in [5.74, 6) is 1.48. The fraction of sp³-hybridized carbons (Fsp3) is 0.188. The predicted molar refractivity (Wildman–Crippen MR) is 95.7 cm³/mol. The third kappa shape index (κ3) is 3.13. The Morgan fingerprint density at radius 3 is 2.36 bits per heavy atom. The average molecular weight is 361 g/mol. The SMILES string of the molecule is COc1cc(Nc2nc3cccc([N+](=O)[O-])c3s2)cc(OC)c1OC. The number of nitro benzene ring substituents is 1. The summed E-state index contributed by atoms with van der Waals surface area (Å²) < 4.78 is 16.4. The molecule has 0 spiro atoms. The molecular formula is C16H15N3O5S. The fourth-order valence-corrected chi connectivity index (χ4v) is 3.38. The number of anilines is 2. The van der Waals surface area contributed by atoms with Crippen molar-refractivity contribution in [3.8, 4) is 17.2 Å². The van der Waals surface area contributed by atoms with Crippen molar-refractivity contribution in [2.75, 3.05) is 26.6 Å². The molecule has 130 valence electrons. The fourth-order valence-electron chi connectivity index (χ4n) is 2.41. The molecule has 0 fully saturated rings. The zero-order valence-corrected chi connectivity index (χ0v) is 14.5. The Morgan fingerprint density at radius 2 is 1.80 bits per heavy atom. The zero-order valence-electron chi connectivity index (χ0n) is 13.7. The number of nitrogens with zero attached hydrogens (tertiary/aromatic N) is 2. The van der Waals surface area contributed by atoms with Gasteiger partial charge in [0.15, 0.2) is 16.6 Å². The highest BCUT2D eigenvalue weighted by Gasteiger charge is 2.17. The molecule has 1 heterocycles. The van der Waals surface area contributed by atoms with E-state index in [1.165, 1.54) is 38.7 Å². The lowest BCUT2D eigenvalue weighted by Gasteiger charge is -2.14. The van der Waals surface area contributed by atoms with Crippen LogP contribution in [0.3, 0.4) is 0 Å². The summed E-state index contributed by atoms with van der Waals surface area (Å²) in [5, 5.41) is 14.8. The third-order valence-electron chi connectivity index (χ3n) is 3.51. The number of aromatic nitrogens is 1. The van der Waals surface area contributed by atoms with Gasteiger partial charge in [-0.15, -0.1) is 0 Å². The highest BCUT2D eigenvalue weighted by Crippen LogP contribution is 2.41. The first-order valence-electron chi connectivity index (χ1n) is 7.18. The molecule has 1 N–H and O–H groups in total. The average Bonchev–Trinajstić information content (AvgIpc) is 3.02. The van der Waals surface area contributed by atoms with E-state index >= 15 is 0 Å². The smallest absolute Gasteiger partial charge is 0.288 e. The molecule has 0 aliphatic rings. The molecule has 0 atom stereocenters. The van der Waals surface area contributed by atoms with Gasteiger partial charge in [-0.25, -0.2) is 4.98 Å². The quantitative estimate of drug-likeness (QED) is 0.524. The molecule has 0 amide bonds. The number of hydrogen-bond donors (Lipinski definition) is 1. The number of thiazole rings is 1. The van der Waals surface area contributed by atoms with Crippen LogP contribution in [0, 0.1) is 10.1 Å². The number of benzene rings is 2. The molecule has 0 radical (unpaired) electrons. The number of methoxy groups -OCH3 is 3. The topological polar surface area (TPSA) is 95.8 Å². The second-order valence-electron chi connectivity index (χ2n) is 4.94. The van der Waals surface area contributed by atoms with E-state index in [-0.39, 0.29) is 5.69 Å². The monoisotopic (exact) mass is 361 g/mol. The number of rotatable bonds is 6. The summed E-state index contributed by atoms with van der Waals surface area (Å²) in [6.07, 6.45) is 0. The van der Waals surface area contributed by atoms with E-state index < -0.39 is 4.92 Å². The van der Waals surface area contributed by atoms with Gasteiger partial charge in [0.1, 0.15) is 4.70 Å². The van der Waals surface area contributed by atoms with Gasteiger partial charge in [-0.05, 0) is 6.07 Å². The molecule has 2 aromatic carbocycles. The largest absolute Gasteiger partial charge is 0.493 e. The summed E-state index contributed by atoms with van der Waals surface area (Å²) in [5.41, 5.74) is 1.26. The van der Waals surface area contributed by atoms with Gasteiger partial charge in [0.25, 0.3) is 5.69 Å². The van der Waals surface area contributed by atoms with Crippen LogP contribution in [0.5, 0.6) is 17.2 Å². The van der Waals surface area contributed by atoms with Crippen molar-refractivity contribution in [2.45, 2.75) is 0 Å². The van der Waals surface area contributed by atoms with Gasteiger partial charge in [0.05, 0.1) is 31.8 Å². The maximum Gasteiger partial charge on any atom is 0.288 e. The van der Waals surface area contributed by atoms with Crippen molar-refractivity contribution in [3.63, 3.8) is 0 Å². The Morgan fingerprint density at radius 1 is 1.12 bits per heavy atom. The van der Waals surface area contributed by atoms with Crippen LogP contribution in [0.2, 0.25) is 0 Å². The van der Waals surface area contributed by atoms with E-state index in [0.29, 0.717) is 38.3 Å². The van der Waals surface area contributed by atoms with Gasteiger partial charge < -0.3 is 19.5 Å². The van der Waals surface area contributed by atoms with Crippen LogP contribution < -0.4 is 19.5 Å². The van der Waals surface area contributed by atoms with Gasteiger partial charge >= 0.3 is 0 Å². The third-order valence-corrected chi connectivity index (χ3v) is 4.52. The maximum atomic E-state index is 11.1. The number of fused-ring (bicyclic) bond motifs is 1. The minimum Gasteiger partial charge on any atom is -0.493 e. The summed E-state index contributed by atoms with van der Waals surface area (Å²) in [6, 6.07) is 8.29. The minimum absolute atomic E-state index is 0.0351. The molecular weight excluding hydrogens is 346 g/mol. The van der Waals surface area contributed by atoms with Crippen LogP contribution in [0.4, 0.5) is 16.5 Å². The lowest BCUT2D eigenvalue weighted by Crippen LogP contribution is -1.97. The minimum atomic E-state index is -0.413. The van der Waals surface area contributed by atoms with E-state index in [1.807, 2.05) is 0 Å². The van der Waals surface area contributed by atoms with Crippen molar-refractivity contribution >= 4 is 38.1 Å². The van der Waals surface area contributed by atoms with Gasteiger partial charge in [-0.2, -0.15) is 0 Å². The molecule has 0 aliphatic heterocycles. The first kappa shape index (κ1) is 16.8. The normalized spacial score (nSPS) is 10.5. The molecule has 8 nitrogen and oxygen atoms in total. The molecule has 25 heavy (non-hydrogen) atoms. The van der Waals surface area contributed by atoms with Crippen LogP contribution in [-0.2, 0) is 0 Å². The van der Waals surface area contributed by atoms with Crippen LogP contribution in [0.15, 0.2) is 30.3 Å². The van der Waals surface area contributed by atoms with Crippen molar-refractivity contribution in [2.24, 2.45) is 0 Å². The first-order valence-corrected chi connectivity index (χ1v) is 8.00. The number of nitro groups is 1. The first-order chi connectivity index (χ1) is 12.1. The number of non-ortho nitro benzene ring substituents is 1. The molecule has 0 saturated heterocycles. The standard InChI is InChI=1S/C16H15N3O5S/c1-22-12-7-9(8-13(23-2)14(12)24-3)17-16-18-10-5-4-6-11(19(20)21)15(10)25-16/h4-8H,1-3H3,(H,17,18). The summed E-state index contributed by atoms with van der Waals surface area (Å²) >= 11 is 1.21. The summed E-state index contributed by atoms with van der Waals surface area (Å²) in [7, 11) is 4.59. The lowest BCUT2D eigenvalue weighted by molar-refractivity contribution is -0.382. The van der Waals surface area contributed by atoms with Crippen molar-refractivity contribution in [3.05, 3.63) is 40.4 Å². The van der Waals surface area contributed by atoms with E-state index in [2.05, 4.69) is 10.3 Å². The predicted octanol–water partition coefficient (Wildman–Crippen LogP) is 3.97. The Balaban J connectivity index is 2.01. The van der Waals surface area contributed by atoms with Gasteiger partial charge in [0.2, 0.25) is 5.75 Å². The second-order valence-corrected chi connectivity index (χ2v) is 5.94. The van der Waals surface area contributed by atoms with Crippen LogP contribution in [0.1, 0.15) is 0 Å². The Hall–Kier alpha value is -3.07. The van der Waals surface area contributed by atoms with Crippen LogP contribution in [0.25, 0.3) is 10.2 Å². The van der Waals surface area contributed by atoms with Crippen molar-refractivity contribution in [1.29, 1.82) is 0 Å². The Bertz CT molecular complexity index is 916. The highest BCUT2D eigenvalue weighted by atomic mass is 32.1. The Kier molecular flexibility index (Phi) is 4.57. The molecule has 3 rings (SSSR count). The number of nitrogens with one attached hydrogen (secondary N) is 1. The lowest BCUT2D eigenvalue weighted by atomic mass is 10.2. The molecule has 3 aromatic rings. The van der Waals surface area contributed by atoms with E-state index in [0.717, 1.165) is 0 Å². The van der Waals surface area contributed by atoms with E-state index in [4.69, 9.17) is 14.2 Å². The van der Waals surface area contributed by atoms with E-state index in [9.17, 15) is 10.1 Å². The second kappa shape index (κ2) is 6.81. The van der Waals surface area contributed by atoms with Crippen LogP contribution >= 0.6 is 11.3 Å². The van der Waals surface area contributed by atoms with Crippen molar-refractivity contribution in [1.82, 2.24) is 4.98 Å². The van der Waals surface area contributed by atoms with Gasteiger partial charge in [0, 0.05) is 23.9 Å². The van der Waals surface area contributed by atoms with Gasteiger partial charge in [-0.3, -0.25) is 10.1 Å². The maximum absolute atomic E-state index is 11.1. The molecule has 1 aromatic heterocycles. The van der Waals surface area contributed by atoms with Gasteiger partial charge in [-0.1, -0.05) is 17.4 Å². The van der Waals surface area contributed by atoms with E-state index in [1.54, 1.807) is 24.3 Å².